The van der Waals surface area contributed by atoms with Gasteiger partial charge in [-0.25, -0.2) is 8.42 Å². The van der Waals surface area contributed by atoms with Gasteiger partial charge in [-0.2, -0.15) is 11.8 Å². The molecule has 6 heteroatoms. The molecule has 0 aliphatic heterocycles. The number of hydrogen-bond donors (Lipinski definition) is 1. The lowest BCUT2D eigenvalue weighted by atomic mass is 10.2. The molecule has 0 aromatic heterocycles. The molecule has 0 heterocycles. The fourth-order valence-electron chi connectivity index (χ4n) is 0.806. The lowest BCUT2D eigenvalue weighted by Gasteiger charge is -2.18. The molecular weight excluding hydrogens is 248 g/mol. The Hall–Kier alpha value is -0.230. The smallest absolute Gasteiger partial charge is 0.307 e. The summed E-state index contributed by atoms with van der Waals surface area (Å²) in [5, 5.41) is 8.64. The summed E-state index contributed by atoms with van der Waals surface area (Å²) < 4.78 is 22.7. The Kier molecular flexibility index (Phi) is 5.82. The third-order valence-electron chi connectivity index (χ3n) is 2.22. The van der Waals surface area contributed by atoms with E-state index in [2.05, 4.69) is 0 Å². The molecule has 1 unspecified atom stereocenters. The van der Waals surface area contributed by atoms with E-state index in [0.717, 1.165) is 0 Å². The minimum atomic E-state index is -3.08. The van der Waals surface area contributed by atoms with E-state index in [-0.39, 0.29) is 5.75 Å². The molecule has 0 aromatic carbocycles. The van der Waals surface area contributed by atoms with Crippen molar-refractivity contribution in [2.45, 2.75) is 32.4 Å². The molecular formula is C10H20O4S2. The first-order valence-corrected chi connectivity index (χ1v) is 7.91. The number of carboxylic acid groups (broad SMARTS) is 1. The lowest BCUT2D eigenvalue weighted by Crippen LogP contribution is -2.31. The first kappa shape index (κ1) is 15.8. The summed E-state index contributed by atoms with van der Waals surface area (Å²) in [5.41, 5.74) is 0. The van der Waals surface area contributed by atoms with Gasteiger partial charge in [-0.05, 0) is 20.8 Å². The monoisotopic (exact) mass is 268 g/mol. The largest absolute Gasteiger partial charge is 0.481 e. The number of carboxylic acids is 1. The highest BCUT2D eigenvalue weighted by molar-refractivity contribution is 8.00. The summed E-state index contributed by atoms with van der Waals surface area (Å²) in [6.45, 7) is 6.64. The highest BCUT2D eigenvalue weighted by Gasteiger charge is 2.28. The molecule has 4 nitrogen and oxygen atoms in total. The summed E-state index contributed by atoms with van der Waals surface area (Å²) in [6, 6.07) is 0. The summed E-state index contributed by atoms with van der Waals surface area (Å²) in [6.07, 6.45) is 0. The zero-order valence-corrected chi connectivity index (χ0v) is 11.8. The van der Waals surface area contributed by atoms with Crippen molar-refractivity contribution in [3.8, 4) is 0 Å². The van der Waals surface area contributed by atoms with E-state index in [0.29, 0.717) is 11.5 Å². The number of sulfone groups is 1. The molecule has 0 amide bonds. The van der Waals surface area contributed by atoms with E-state index < -0.39 is 26.5 Å². The van der Waals surface area contributed by atoms with E-state index in [1.54, 1.807) is 27.7 Å². The normalized spacial score (nSPS) is 14.8. The average Bonchev–Trinajstić information content (AvgIpc) is 2.09. The van der Waals surface area contributed by atoms with Crippen LogP contribution in [-0.2, 0) is 14.6 Å². The highest BCUT2D eigenvalue weighted by atomic mass is 32.2. The predicted molar refractivity (Wildman–Crippen MR) is 67.7 cm³/mol. The average molecular weight is 268 g/mol. The zero-order chi connectivity index (χ0) is 13.0. The molecule has 0 spiro atoms. The van der Waals surface area contributed by atoms with Gasteiger partial charge in [0.25, 0.3) is 0 Å². The molecule has 0 rings (SSSR count). The van der Waals surface area contributed by atoms with Crippen molar-refractivity contribution in [1.29, 1.82) is 0 Å². The Labute approximate surface area is 102 Å². The highest BCUT2D eigenvalue weighted by Crippen LogP contribution is 2.18. The van der Waals surface area contributed by atoms with E-state index >= 15 is 0 Å². The third kappa shape index (κ3) is 5.21. The van der Waals surface area contributed by atoms with Crippen LogP contribution >= 0.6 is 11.8 Å². The second kappa shape index (κ2) is 5.91. The van der Waals surface area contributed by atoms with E-state index in [1.807, 2.05) is 0 Å². The molecule has 0 bridgehead atoms. The van der Waals surface area contributed by atoms with Crippen LogP contribution in [0.2, 0.25) is 0 Å². The maximum Gasteiger partial charge on any atom is 0.307 e. The van der Waals surface area contributed by atoms with E-state index in [4.69, 9.17) is 5.11 Å². The molecule has 1 atom stereocenters. The van der Waals surface area contributed by atoms with Crippen LogP contribution in [0.15, 0.2) is 0 Å². The van der Waals surface area contributed by atoms with Gasteiger partial charge < -0.3 is 5.11 Å². The summed E-state index contributed by atoms with van der Waals surface area (Å²) in [5.74, 6) is -0.256. The molecule has 0 aliphatic rings. The quantitative estimate of drug-likeness (QED) is 0.742. The minimum absolute atomic E-state index is 0.105. The van der Waals surface area contributed by atoms with Crippen LogP contribution in [0.4, 0.5) is 0 Å². The van der Waals surface area contributed by atoms with Crippen LogP contribution in [-0.4, -0.2) is 41.5 Å². The Morgan fingerprint density at radius 1 is 1.38 bits per heavy atom. The van der Waals surface area contributed by atoms with Crippen LogP contribution in [0, 0.1) is 5.92 Å². The zero-order valence-electron chi connectivity index (χ0n) is 10.2. The number of carbonyl (C=O) groups is 1. The molecule has 0 saturated heterocycles. The molecule has 0 fully saturated rings. The predicted octanol–water partition coefficient (Wildman–Crippen LogP) is 1.65. The lowest BCUT2D eigenvalue weighted by molar-refractivity contribution is -0.140. The first-order valence-electron chi connectivity index (χ1n) is 5.11. The maximum atomic E-state index is 11.7. The van der Waals surface area contributed by atoms with Crippen molar-refractivity contribution in [2.24, 2.45) is 5.92 Å². The molecule has 96 valence electrons. The number of thioether (sulfide) groups is 1. The standard InChI is InChI=1S/C10H20O4S2/c1-8(9(11)12)7-15-5-6-16(13,14)10(2,3)4/h8H,5-7H2,1-4H3,(H,11,12). The van der Waals surface area contributed by atoms with Crippen LogP contribution in [0.25, 0.3) is 0 Å². The van der Waals surface area contributed by atoms with Gasteiger partial charge in [0.2, 0.25) is 0 Å². The van der Waals surface area contributed by atoms with E-state index in [1.165, 1.54) is 11.8 Å². The molecule has 0 aromatic rings. The fourth-order valence-corrected chi connectivity index (χ4v) is 3.43. The Bertz CT molecular complexity index is 327. The Balaban J connectivity index is 3.98. The van der Waals surface area contributed by atoms with Crippen LogP contribution < -0.4 is 0 Å². The maximum absolute atomic E-state index is 11.7. The second-order valence-electron chi connectivity index (χ2n) is 4.75. The van der Waals surface area contributed by atoms with Crippen molar-refractivity contribution in [3.63, 3.8) is 0 Å². The third-order valence-corrected chi connectivity index (χ3v) is 6.31. The summed E-state index contributed by atoms with van der Waals surface area (Å²) >= 11 is 1.37. The molecule has 1 N–H and O–H groups in total. The van der Waals surface area contributed by atoms with Gasteiger partial charge in [0.1, 0.15) is 0 Å². The SMILES string of the molecule is CC(CSCCS(=O)(=O)C(C)(C)C)C(=O)O. The molecule has 0 radical (unpaired) electrons. The van der Waals surface area contributed by atoms with Crippen LogP contribution in [0.1, 0.15) is 27.7 Å². The van der Waals surface area contributed by atoms with Crippen molar-refractivity contribution in [1.82, 2.24) is 0 Å². The number of aliphatic carboxylic acids is 1. The van der Waals surface area contributed by atoms with Gasteiger partial charge >= 0.3 is 5.97 Å². The van der Waals surface area contributed by atoms with Gasteiger partial charge in [0, 0.05) is 11.5 Å². The van der Waals surface area contributed by atoms with Gasteiger partial charge in [0.15, 0.2) is 9.84 Å². The van der Waals surface area contributed by atoms with Gasteiger partial charge in [-0.15, -0.1) is 0 Å². The van der Waals surface area contributed by atoms with Gasteiger partial charge in [0.05, 0.1) is 16.4 Å². The topological polar surface area (TPSA) is 71.4 Å². The Morgan fingerprint density at radius 3 is 2.25 bits per heavy atom. The van der Waals surface area contributed by atoms with Crippen molar-refractivity contribution < 1.29 is 18.3 Å². The summed E-state index contributed by atoms with van der Waals surface area (Å²) in [4.78, 5) is 10.5. The van der Waals surface area contributed by atoms with Gasteiger partial charge in [-0.1, -0.05) is 6.92 Å². The number of hydrogen-bond acceptors (Lipinski definition) is 4. The minimum Gasteiger partial charge on any atom is -0.481 e. The first-order chi connectivity index (χ1) is 7.08. The van der Waals surface area contributed by atoms with E-state index in [9.17, 15) is 13.2 Å². The number of rotatable bonds is 6. The molecule has 16 heavy (non-hydrogen) atoms. The van der Waals surface area contributed by atoms with Gasteiger partial charge in [-0.3, -0.25) is 4.79 Å². The summed E-state index contributed by atoms with van der Waals surface area (Å²) in [7, 11) is -3.08. The van der Waals surface area contributed by atoms with Crippen molar-refractivity contribution in [2.75, 3.05) is 17.3 Å². The fraction of sp³-hybridized carbons (Fsp3) is 0.900. The molecule has 0 saturated carbocycles. The Morgan fingerprint density at radius 2 is 1.88 bits per heavy atom. The molecule has 0 aliphatic carbocycles. The van der Waals surface area contributed by atoms with Crippen molar-refractivity contribution in [3.05, 3.63) is 0 Å². The van der Waals surface area contributed by atoms with Crippen molar-refractivity contribution >= 4 is 27.6 Å². The van der Waals surface area contributed by atoms with Crippen LogP contribution in [0.5, 0.6) is 0 Å². The second-order valence-corrected chi connectivity index (χ2v) is 8.76. The van der Waals surface area contributed by atoms with Crippen LogP contribution in [0.3, 0.4) is 0 Å².